The van der Waals surface area contributed by atoms with Gasteiger partial charge in [0, 0.05) is 19.9 Å². The van der Waals surface area contributed by atoms with Crippen molar-refractivity contribution in [1.29, 1.82) is 0 Å². The van der Waals surface area contributed by atoms with E-state index in [2.05, 4.69) is 0 Å². The number of para-hydroxylation sites is 1. The maximum atomic E-state index is 11.7. The van der Waals surface area contributed by atoms with Crippen molar-refractivity contribution in [2.24, 2.45) is 0 Å². The lowest BCUT2D eigenvalue weighted by atomic mass is 10.2. The van der Waals surface area contributed by atoms with E-state index < -0.39 is 5.97 Å². The van der Waals surface area contributed by atoms with Crippen LogP contribution in [0.5, 0.6) is 5.75 Å². The molecule has 21 heavy (non-hydrogen) atoms. The highest BCUT2D eigenvalue weighted by Gasteiger charge is 2.13. The fourth-order valence-corrected chi connectivity index (χ4v) is 2.76. The van der Waals surface area contributed by atoms with E-state index in [1.807, 2.05) is 24.3 Å². The Balaban J connectivity index is 2.50. The summed E-state index contributed by atoms with van der Waals surface area (Å²) in [5, 5.41) is 8.58. The first-order chi connectivity index (χ1) is 10.0. The van der Waals surface area contributed by atoms with Crippen molar-refractivity contribution in [3.8, 4) is 5.75 Å². The summed E-state index contributed by atoms with van der Waals surface area (Å²) in [4.78, 5) is 23.0. The number of methoxy groups -OCH3 is 1. The first-order valence-corrected chi connectivity index (χ1v) is 7.63. The third-order valence-electron chi connectivity index (χ3n) is 2.88. The molecule has 1 amide bonds. The second kappa shape index (κ2) is 9.28. The van der Waals surface area contributed by atoms with Crippen LogP contribution in [0, 0.1) is 0 Å². The first kappa shape index (κ1) is 17.4. The van der Waals surface area contributed by atoms with Gasteiger partial charge >= 0.3 is 5.97 Å². The van der Waals surface area contributed by atoms with Gasteiger partial charge in [0.1, 0.15) is 5.75 Å². The van der Waals surface area contributed by atoms with Crippen molar-refractivity contribution in [1.82, 2.24) is 4.31 Å². The number of rotatable bonds is 9. The minimum absolute atomic E-state index is 0.0239. The van der Waals surface area contributed by atoms with Crippen LogP contribution in [0.25, 0.3) is 0 Å². The summed E-state index contributed by atoms with van der Waals surface area (Å²) in [6.45, 7) is 2.12. The molecule has 0 spiro atoms. The second-order valence-electron chi connectivity index (χ2n) is 4.57. The molecular weight excluding hydrogens is 290 g/mol. The van der Waals surface area contributed by atoms with Gasteiger partial charge in [0.2, 0.25) is 5.91 Å². The Hall–Kier alpha value is -1.69. The molecule has 0 saturated heterocycles. The van der Waals surface area contributed by atoms with Gasteiger partial charge < -0.3 is 9.84 Å². The number of carbonyl (C=O) groups excluding carboxylic acids is 1. The molecule has 1 rings (SSSR count). The van der Waals surface area contributed by atoms with Crippen molar-refractivity contribution in [3.05, 3.63) is 24.3 Å². The Morgan fingerprint density at radius 1 is 1.24 bits per heavy atom. The molecular formula is C15H21NO4S. The molecule has 0 atom stereocenters. The summed E-state index contributed by atoms with van der Waals surface area (Å²) < 4.78 is 6.95. The van der Waals surface area contributed by atoms with Crippen LogP contribution < -0.4 is 4.74 Å². The summed E-state index contributed by atoms with van der Waals surface area (Å²) >= 11 is 1.35. The van der Waals surface area contributed by atoms with Gasteiger partial charge in [-0.15, -0.1) is 0 Å². The molecule has 1 aromatic carbocycles. The first-order valence-electron chi connectivity index (χ1n) is 6.85. The Bertz CT molecular complexity index is 478. The molecule has 0 saturated carbocycles. The van der Waals surface area contributed by atoms with Crippen LogP contribution in [0.4, 0.5) is 0 Å². The summed E-state index contributed by atoms with van der Waals surface area (Å²) in [7, 11) is 1.60. The molecule has 116 valence electrons. The lowest BCUT2D eigenvalue weighted by Gasteiger charge is -2.20. The quantitative estimate of drug-likeness (QED) is 0.560. The van der Waals surface area contributed by atoms with E-state index in [9.17, 15) is 9.59 Å². The van der Waals surface area contributed by atoms with Crippen LogP contribution in [0.1, 0.15) is 32.6 Å². The van der Waals surface area contributed by atoms with Crippen LogP contribution in [0.3, 0.4) is 0 Å². The predicted octanol–water partition coefficient (Wildman–Crippen LogP) is 3.20. The van der Waals surface area contributed by atoms with Crippen LogP contribution in [-0.4, -0.2) is 34.9 Å². The van der Waals surface area contributed by atoms with Gasteiger partial charge in [-0.3, -0.25) is 13.9 Å². The number of hydrogen-bond donors (Lipinski definition) is 1. The zero-order chi connectivity index (χ0) is 15.7. The maximum Gasteiger partial charge on any atom is 0.303 e. The van der Waals surface area contributed by atoms with Crippen molar-refractivity contribution in [2.45, 2.75) is 37.5 Å². The summed E-state index contributed by atoms with van der Waals surface area (Å²) in [6.07, 6.45) is 2.40. The summed E-state index contributed by atoms with van der Waals surface area (Å²) in [5.74, 6) is -0.0643. The Kier molecular flexibility index (Phi) is 7.68. The highest BCUT2D eigenvalue weighted by atomic mass is 32.2. The molecule has 0 fully saturated rings. The maximum absolute atomic E-state index is 11.7. The normalized spacial score (nSPS) is 10.2. The molecule has 0 aromatic heterocycles. The molecule has 6 heteroatoms. The zero-order valence-corrected chi connectivity index (χ0v) is 13.2. The van der Waals surface area contributed by atoms with E-state index in [1.165, 1.54) is 18.9 Å². The molecule has 1 N–H and O–H groups in total. The van der Waals surface area contributed by atoms with Gasteiger partial charge in [-0.25, -0.2) is 0 Å². The Labute approximate surface area is 129 Å². The monoisotopic (exact) mass is 311 g/mol. The fourth-order valence-electron chi connectivity index (χ4n) is 1.79. The number of amides is 1. The number of benzene rings is 1. The van der Waals surface area contributed by atoms with Crippen molar-refractivity contribution < 1.29 is 19.4 Å². The highest BCUT2D eigenvalue weighted by Crippen LogP contribution is 2.31. The van der Waals surface area contributed by atoms with Gasteiger partial charge in [0.25, 0.3) is 0 Å². The fraction of sp³-hybridized carbons (Fsp3) is 0.467. The number of hydrogen-bond acceptors (Lipinski definition) is 4. The topological polar surface area (TPSA) is 66.8 Å². The molecule has 0 heterocycles. The van der Waals surface area contributed by atoms with Gasteiger partial charge in [0.15, 0.2) is 0 Å². The molecule has 1 aromatic rings. The average Bonchev–Trinajstić information content (AvgIpc) is 2.45. The number of carboxylic acids is 1. The summed E-state index contributed by atoms with van der Waals surface area (Å²) in [5.41, 5.74) is 0. The Morgan fingerprint density at radius 3 is 2.57 bits per heavy atom. The van der Waals surface area contributed by atoms with Crippen LogP contribution >= 0.6 is 11.9 Å². The molecule has 0 unspecified atom stereocenters. The Morgan fingerprint density at radius 2 is 1.95 bits per heavy atom. The number of unbranched alkanes of at least 4 members (excludes halogenated alkanes) is 2. The van der Waals surface area contributed by atoms with Crippen LogP contribution in [0.2, 0.25) is 0 Å². The number of carbonyl (C=O) groups is 2. The zero-order valence-electron chi connectivity index (χ0n) is 12.4. The van der Waals surface area contributed by atoms with Gasteiger partial charge in [0.05, 0.1) is 12.0 Å². The number of aliphatic carboxylic acids is 1. The number of nitrogens with zero attached hydrogens (tertiary/aromatic N) is 1. The van der Waals surface area contributed by atoms with Crippen molar-refractivity contribution >= 4 is 23.8 Å². The van der Waals surface area contributed by atoms with Gasteiger partial charge in [-0.05, 0) is 36.9 Å². The highest BCUT2D eigenvalue weighted by molar-refractivity contribution is 7.97. The summed E-state index contributed by atoms with van der Waals surface area (Å²) in [6, 6.07) is 7.54. The van der Waals surface area contributed by atoms with E-state index in [0.717, 1.165) is 23.5 Å². The largest absolute Gasteiger partial charge is 0.496 e. The standard InChI is InChI=1S/C15H21NO4S/c1-12(17)16(11-7-3-4-10-15(18)19)21-14-9-6-5-8-13(14)20-2/h5-6,8-9H,3-4,7,10-11H2,1-2H3,(H,18,19). The molecule has 0 aliphatic heterocycles. The predicted molar refractivity (Wildman–Crippen MR) is 82.3 cm³/mol. The minimum Gasteiger partial charge on any atom is -0.496 e. The molecule has 0 aliphatic rings. The smallest absolute Gasteiger partial charge is 0.303 e. The van der Waals surface area contributed by atoms with E-state index in [-0.39, 0.29) is 12.3 Å². The molecule has 5 nitrogen and oxygen atoms in total. The van der Waals surface area contributed by atoms with Gasteiger partial charge in [-0.2, -0.15) is 0 Å². The molecule has 0 bridgehead atoms. The van der Waals surface area contributed by atoms with E-state index in [1.54, 1.807) is 11.4 Å². The SMILES string of the molecule is COc1ccccc1SN(CCCCCC(=O)O)C(C)=O. The van der Waals surface area contributed by atoms with E-state index in [0.29, 0.717) is 13.0 Å². The van der Waals surface area contributed by atoms with Crippen molar-refractivity contribution in [3.63, 3.8) is 0 Å². The second-order valence-corrected chi connectivity index (χ2v) is 5.63. The van der Waals surface area contributed by atoms with Crippen LogP contribution in [0.15, 0.2) is 29.2 Å². The molecule has 0 aliphatic carbocycles. The minimum atomic E-state index is -0.776. The molecule has 0 radical (unpaired) electrons. The average molecular weight is 311 g/mol. The number of ether oxygens (including phenoxy) is 1. The van der Waals surface area contributed by atoms with E-state index >= 15 is 0 Å². The number of carboxylic acid groups (broad SMARTS) is 1. The lowest BCUT2D eigenvalue weighted by Crippen LogP contribution is -2.22. The van der Waals surface area contributed by atoms with Crippen LogP contribution in [-0.2, 0) is 9.59 Å². The van der Waals surface area contributed by atoms with Crippen molar-refractivity contribution in [2.75, 3.05) is 13.7 Å². The van der Waals surface area contributed by atoms with Gasteiger partial charge in [-0.1, -0.05) is 18.6 Å². The van der Waals surface area contributed by atoms with E-state index in [4.69, 9.17) is 9.84 Å². The lowest BCUT2D eigenvalue weighted by molar-refractivity contribution is -0.137. The third-order valence-corrected chi connectivity index (χ3v) is 4.07. The third kappa shape index (κ3) is 6.53.